The van der Waals surface area contributed by atoms with Gasteiger partial charge in [0.1, 0.15) is 11.1 Å². The molecule has 18 heavy (non-hydrogen) atoms. The van der Waals surface area contributed by atoms with Gasteiger partial charge in [-0.3, -0.25) is 9.69 Å². The van der Waals surface area contributed by atoms with Crippen molar-refractivity contribution in [2.24, 2.45) is 5.92 Å². The van der Waals surface area contributed by atoms with Gasteiger partial charge >= 0.3 is 35.5 Å². The van der Waals surface area contributed by atoms with E-state index in [1.165, 1.54) is 30.7 Å². The number of carboxylic acids is 1. The van der Waals surface area contributed by atoms with Gasteiger partial charge in [0.05, 0.1) is 18.6 Å². The molecular weight excluding hydrogens is 269 g/mol. The van der Waals surface area contributed by atoms with Crippen molar-refractivity contribution in [3.63, 3.8) is 0 Å². The summed E-state index contributed by atoms with van der Waals surface area (Å²) >= 11 is 1.28. The molecule has 0 bridgehead atoms. The van der Waals surface area contributed by atoms with E-state index < -0.39 is 18.0 Å². The Morgan fingerprint density at radius 1 is 1.61 bits per heavy atom. The van der Waals surface area contributed by atoms with E-state index in [4.69, 9.17) is 9.84 Å². The third-order valence-electron chi connectivity index (χ3n) is 2.85. The number of ether oxygens (including phenoxy) is 1. The molecule has 0 aromatic heterocycles. The van der Waals surface area contributed by atoms with Gasteiger partial charge in [0.25, 0.3) is 0 Å². The van der Waals surface area contributed by atoms with Crippen molar-refractivity contribution in [1.29, 1.82) is 0 Å². The van der Waals surface area contributed by atoms with Gasteiger partial charge in [0, 0.05) is 12.0 Å². The maximum atomic E-state index is 11.8. The monoisotopic (exact) mass is 283 g/mol. The Morgan fingerprint density at radius 2 is 2.22 bits per heavy atom. The first kappa shape index (κ1) is 16.0. The Morgan fingerprint density at radius 3 is 2.67 bits per heavy atom. The van der Waals surface area contributed by atoms with Crippen LogP contribution >= 0.6 is 11.8 Å². The van der Waals surface area contributed by atoms with Gasteiger partial charge in [-0.2, -0.15) is 0 Å². The Labute approximate surface area is 131 Å². The summed E-state index contributed by atoms with van der Waals surface area (Å²) in [5.41, 5.74) is -0.0104. The number of rotatable bonds is 4. The summed E-state index contributed by atoms with van der Waals surface area (Å²) in [6.45, 7) is 1.70. The van der Waals surface area contributed by atoms with Crippen LogP contribution in [-0.4, -0.2) is 81.7 Å². The van der Waals surface area contributed by atoms with Crippen molar-refractivity contribution < 1.29 is 24.5 Å². The molecule has 3 atom stereocenters. The standard InChI is InChI=1S/C10H13NO5S.Na.H/c1-4(12)6-8(13)11-7(10(14)15)5(3-16-2)17-9(6)11;;/h4,6,9,12H,3H2,1-2H3,(H,14,15);;/t4?,6-,9+;;/m0../s1. The van der Waals surface area contributed by atoms with Crippen LogP contribution in [0.4, 0.5) is 0 Å². The molecule has 1 saturated heterocycles. The third kappa shape index (κ3) is 2.35. The molecule has 96 valence electrons. The van der Waals surface area contributed by atoms with Gasteiger partial charge in [-0.15, -0.1) is 0 Å². The number of methoxy groups -OCH3 is 1. The van der Waals surface area contributed by atoms with Gasteiger partial charge in [-0.25, -0.2) is 4.79 Å². The Kier molecular flexibility index (Phi) is 5.28. The summed E-state index contributed by atoms with van der Waals surface area (Å²) in [6.07, 6.45) is -0.770. The van der Waals surface area contributed by atoms with E-state index >= 15 is 0 Å². The maximum absolute atomic E-state index is 11.8. The fourth-order valence-corrected chi connectivity index (χ4v) is 3.67. The summed E-state index contributed by atoms with van der Waals surface area (Å²) in [5, 5.41) is 18.3. The Balaban J connectivity index is 0.00000162. The number of fused-ring (bicyclic) bond motifs is 1. The Hall–Kier alpha value is -0.0500. The SMILES string of the molecule is COCC1=C(C(=O)O)N2C(=O)[C@H](C(C)O)[C@H]2S1.[NaH]. The molecule has 2 heterocycles. The van der Waals surface area contributed by atoms with Crippen LogP contribution in [0, 0.1) is 5.92 Å². The van der Waals surface area contributed by atoms with Crippen LogP contribution in [0.5, 0.6) is 0 Å². The van der Waals surface area contributed by atoms with E-state index in [-0.39, 0.29) is 53.1 Å². The molecule has 2 aliphatic heterocycles. The summed E-state index contributed by atoms with van der Waals surface area (Å²) in [4.78, 5) is 24.6. The van der Waals surface area contributed by atoms with Crippen LogP contribution in [0.2, 0.25) is 0 Å². The van der Waals surface area contributed by atoms with Crippen molar-refractivity contribution in [2.75, 3.05) is 13.7 Å². The second-order valence-electron chi connectivity index (χ2n) is 3.99. The topological polar surface area (TPSA) is 87.1 Å². The fourth-order valence-electron chi connectivity index (χ4n) is 2.09. The molecule has 1 unspecified atom stereocenters. The first-order valence-electron chi connectivity index (χ1n) is 5.12. The molecule has 1 fully saturated rings. The van der Waals surface area contributed by atoms with E-state index in [2.05, 4.69) is 0 Å². The number of aliphatic carboxylic acids is 1. The third-order valence-corrected chi connectivity index (χ3v) is 4.19. The van der Waals surface area contributed by atoms with Gasteiger partial charge < -0.3 is 14.9 Å². The molecule has 0 radical (unpaired) electrons. The van der Waals surface area contributed by atoms with Crippen molar-refractivity contribution >= 4 is 53.2 Å². The van der Waals surface area contributed by atoms with E-state index in [1.807, 2.05) is 0 Å². The minimum atomic E-state index is -1.13. The molecular formula is C10H14NNaO5S. The summed E-state index contributed by atoms with van der Waals surface area (Å²) in [6, 6.07) is 0. The number of nitrogens with zero attached hydrogens (tertiary/aromatic N) is 1. The average molecular weight is 283 g/mol. The van der Waals surface area contributed by atoms with Gasteiger partial charge in [-0.05, 0) is 6.92 Å². The van der Waals surface area contributed by atoms with E-state index in [9.17, 15) is 14.7 Å². The number of hydrogen-bond donors (Lipinski definition) is 2. The molecule has 0 spiro atoms. The first-order valence-corrected chi connectivity index (χ1v) is 6.00. The number of carbonyl (C=O) groups is 2. The molecule has 6 nitrogen and oxygen atoms in total. The zero-order chi connectivity index (χ0) is 12.7. The van der Waals surface area contributed by atoms with Gasteiger partial charge in [0.2, 0.25) is 5.91 Å². The van der Waals surface area contributed by atoms with E-state index in [0.29, 0.717) is 4.91 Å². The summed E-state index contributed by atoms with van der Waals surface area (Å²) in [7, 11) is 1.47. The van der Waals surface area contributed by atoms with E-state index in [0.717, 1.165) is 0 Å². The molecule has 0 aromatic rings. The molecule has 2 N–H and O–H groups in total. The summed E-state index contributed by atoms with van der Waals surface area (Å²) < 4.78 is 4.92. The number of carboxylic acid groups (broad SMARTS) is 1. The second kappa shape index (κ2) is 5.94. The average Bonchev–Trinajstić information content (AvgIpc) is 2.53. The normalized spacial score (nSPS) is 27.5. The van der Waals surface area contributed by atoms with Gasteiger partial charge in [0.15, 0.2) is 0 Å². The first-order chi connectivity index (χ1) is 7.99. The second-order valence-corrected chi connectivity index (χ2v) is 5.20. The molecule has 8 heteroatoms. The number of hydrogen-bond acceptors (Lipinski definition) is 5. The number of aliphatic hydroxyl groups excluding tert-OH is 1. The van der Waals surface area contributed by atoms with Crippen LogP contribution in [-0.2, 0) is 14.3 Å². The Bertz CT molecular complexity index is 411. The number of amides is 1. The predicted octanol–water partition coefficient (Wildman–Crippen LogP) is -0.807. The molecule has 0 aromatic carbocycles. The summed E-state index contributed by atoms with van der Waals surface area (Å²) in [5.74, 6) is -1.99. The number of β-lactam (4-membered cyclic amide) rings is 1. The van der Waals surface area contributed by atoms with Crippen LogP contribution in [0.25, 0.3) is 0 Å². The van der Waals surface area contributed by atoms with Crippen molar-refractivity contribution in [3.8, 4) is 0 Å². The van der Waals surface area contributed by atoms with Crippen LogP contribution in [0.3, 0.4) is 0 Å². The number of aliphatic hydroxyl groups is 1. The zero-order valence-corrected chi connectivity index (χ0v) is 10.2. The molecule has 0 aliphatic carbocycles. The molecule has 0 saturated carbocycles. The zero-order valence-electron chi connectivity index (χ0n) is 9.41. The van der Waals surface area contributed by atoms with Crippen molar-refractivity contribution in [1.82, 2.24) is 4.90 Å². The van der Waals surface area contributed by atoms with Crippen molar-refractivity contribution in [2.45, 2.75) is 18.4 Å². The predicted molar refractivity (Wildman–Crippen MR) is 67.1 cm³/mol. The van der Waals surface area contributed by atoms with Crippen molar-refractivity contribution in [3.05, 3.63) is 10.6 Å². The molecule has 2 aliphatic rings. The van der Waals surface area contributed by atoms with Gasteiger partial charge in [-0.1, -0.05) is 11.8 Å². The fraction of sp³-hybridized carbons (Fsp3) is 0.600. The minimum absolute atomic E-state index is 0. The van der Waals surface area contributed by atoms with Crippen LogP contribution < -0.4 is 0 Å². The quantitative estimate of drug-likeness (QED) is 0.518. The van der Waals surface area contributed by atoms with Crippen LogP contribution in [0.1, 0.15) is 6.92 Å². The number of thioether (sulfide) groups is 1. The molecule has 1 amide bonds. The number of carbonyl (C=O) groups excluding carboxylic acids is 1. The molecule has 2 rings (SSSR count). The van der Waals surface area contributed by atoms with Crippen LogP contribution in [0.15, 0.2) is 10.6 Å². The van der Waals surface area contributed by atoms with E-state index in [1.54, 1.807) is 0 Å².